The van der Waals surface area contributed by atoms with Gasteiger partial charge in [-0.25, -0.2) is 8.42 Å². The topological polar surface area (TPSA) is 69.7 Å². The standard InChI is InChI=1S/C19H29N3O3S/c1-3-15(2)20-19(23)16-8-9-17(21-10-4-5-11-21)18(14-16)26(24,25)22-12-6-7-13-22/h8-9,14-15H,3-7,10-13H2,1-2H3,(H,20,23)/t15-/m0/s1. The summed E-state index contributed by atoms with van der Waals surface area (Å²) in [6.07, 6.45) is 4.76. The number of carbonyl (C=O) groups is 1. The SMILES string of the molecule is CC[C@H](C)NC(=O)c1ccc(N2CCCC2)c(S(=O)(=O)N2CCCC2)c1. The van der Waals surface area contributed by atoms with Gasteiger partial charge in [-0.2, -0.15) is 4.31 Å². The molecule has 26 heavy (non-hydrogen) atoms. The molecule has 0 unspecified atom stereocenters. The first kappa shape index (κ1) is 19.2. The Bertz CT molecular complexity index is 751. The zero-order chi connectivity index (χ0) is 18.7. The van der Waals surface area contributed by atoms with Crippen LogP contribution in [0, 0.1) is 0 Å². The van der Waals surface area contributed by atoms with Crippen molar-refractivity contribution in [1.82, 2.24) is 9.62 Å². The van der Waals surface area contributed by atoms with Crippen LogP contribution in [-0.4, -0.2) is 50.9 Å². The quantitative estimate of drug-likeness (QED) is 0.825. The number of benzene rings is 1. The van der Waals surface area contributed by atoms with Crippen LogP contribution in [-0.2, 0) is 10.0 Å². The summed E-state index contributed by atoms with van der Waals surface area (Å²) >= 11 is 0. The van der Waals surface area contributed by atoms with E-state index in [1.54, 1.807) is 22.5 Å². The Kier molecular flexibility index (Phi) is 5.87. The van der Waals surface area contributed by atoms with Gasteiger partial charge in [-0.15, -0.1) is 0 Å². The molecule has 2 saturated heterocycles. The first-order valence-corrected chi connectivity index (χ1v) is 11.1. The summed E-state index contributed by atoms with van der Waals surface area (Å²) in [5.41, 5.74) is 1.14. The second-order valence-electron chi connectivity index (χ2n) is 7.27. The number of amides is 1. The van der Waals surface area contributed by atoms with E-state index >= 15 is 0 Å². The lowest BCUT2D eigenvalue weighted by Gasteiger charge is -2.25. The van der Waals surface area contributed by atoms with Gasteiger partial charge in [0.25, 0.3) is 5.91 Å². The molecule has 1 N–H and O–H groups in total. The molecule has 7 heteroatoms. The summed E-state index contributed by atoms with van der Waals surface area (Å²) in [4.78, 5) is 14.9. The van der Waals surface area contributed by atoms with Crippen LogP contribution >= 0.6 is 0 Å². The highest BCUT2D eigenvalue weighted by molar-refractivity contribution is 7.89. The molecule has 2 aliphatic rings. The average molecular weight is 380 g/mol. The van der Waals surface area contributed by atoms with Crippen molar-refractivity contribution in [2.75, 3.05) is 31.1 Å². The molecule has 1 atom stereocenters. The summed E-state index contributed by atoms with van der Waals surface area (Å²) in [5.74, 6) is -0.217. The third-order valence-electron chi connectivity index (χ3n) is 5.34. The minimum Gasteiger partial charge on any atom is -0.370 e. The second-order valence-corrected chi connectivity index (χ2v) is 9.18. The Morgan fingerprint density at radius 2 is 1.73 bits per heavy atom. The number of hydrogen-bond donors (Lipinski definition) is 1. The van der Waals surface area contributed by atoms with E-state index in [-0.39, 0.29) is 16.8 Å². The molecule has 3 rings (SSSR count). The molecule has 1 aromatic rings. The molecule has 144 valence electrons. The lowest BCUT2D eigenvalue weighted by Crippen LogP contribution is -2.33. The minimum atomic E-state index is -3.59. The van der Waals surface area contributed by atoms with E-state index in [2.05, 4.69) is 10.2 Å². The van der Waals surface area contributed by atoms with Crippen molar-refractivity contribution in [3.05, 3.63) is 23.8 Å². The number of rotatable bonds is 6. The number of carbonyl (C=O) groups excluding carboxylic acids is 1. The van der Waals surface area contributed by atoms with Crippen LogP contribution in [0.5, 0.6) is 0 Å². The summed E-state index contributed by atoms with van der Waals surface area (Å²) in [6.45, 7) is 6.79. The maximum atomic E-state index is 13.2. The van der Waals surface area contributed by atoms with E-state index in [0.717, 1.165) is 50.9 Å². The lowest BCUT2D eigenvalue weighted by atomic mass is 10.1. The summed E-state index contributed by atoms with van der Waals surface area (Å²) in [7, 11) is -3.59. The van der Waals surface area contributed by atoms with Gasteiger partial charge in [0.1, 0.15) is 4.90 Å². The monoisotopic (exact) mass is 379 g/mol. The fourth-order valence-corrected chi connectivity index (χ4v) is 5.31. The van der Waals surface area contributed by atoms with Crippen LogP contribution in [0.3, 0.4) is 0 Å². The zero-order valence-corrected chi connectivity index (χ0v) is 16.5. The maximum absolute atomic E-state index is 13.2. The molecule has 0 spiro atoms. The molecule has 2 heterocycles. The van der Waals surface area contributed by atoms with Crippen molar-refractivity contribution in [1.29, 1.82) is 0 Å². The van der Waals surface area contributed by atoms with Crippen LogP contribution < -0.4 is 10.2 Å². The van der Waals surface area contributed by atoms with E-state index in [9.17, 15) is 13.2 Å². The average Bonchev–Trinajstić information content (AvgIpc) is 3.34. The minimum absolute atomic E-state index is 0.0550. The fourth-order valence-electron chi connectivity index (χ4n) is 3.56. The van der Waals surface area contributed by atoms with Crippen molar-refractivity contribution in [2.45, 2.75) is 56.9 Å². The highest BCUT2D eigenvalue weighted by atomic mass is 32.2. The molecule has 0 saturated carbocycles. The first-order chi connectivity index (χ1) is 12.4. The van der Waals surface area contributed by atoms with Crippen molar-refractivity contribution in [3.8, 4) is 0 Å². The van der Waals surface area contributed by atoms with Gasteiger partial charge in [0.2, 0.25) is 10.0 Å². The summed E-state index contributed by atoms with van der Waals surface area (Å²) in [6, 6.07) is 5.17. The highest BCUT2D eigenvalue weighted by Gasteiger charge is 2.32. The van der Waals surface area contributed by atoms with Gasteiger partial charge in [0.15, 0.2) is 0 Å². The third-order valence-corrected chi connectivity index (χ3v) is 7.27. The van der Waals surface area contributed by atoms with Crippen LogP contribution in [0.25, 0.3) is 0 Å². The largest absolute Gasteiger partial charge is 0.370 e. The molecule has 0 aromatic heterocycles. The molecular weight excluding hydrogens is 350 g/mol. The van der Waals surface area contributed by atoms with Gasteiger partial charge in [0, 0.05) is 37.8 Å². The van der Waals surface area contributed by atoms with Crippen molar-refractivity contribution < 1.29 is 13.2 Å². The molecule has 1 amide bonds. The Labute approximate surface area is 156 Å². The van der Waals surface area contributed by atoms with Crippen LogP contribution in [0.2, 0.25) is 0 Å². The zero-order valence-electron chi connectivity index (χ0n) is 15.7. The second kappa shape index (κ2) is 7.96. The van der Waals surface area contributed by atoms with Crippen LogP contribution in [0.1, 0.15) is 56.3 Å². The smallest absolute Gasteiger partial charge is 0.251 e. The molecule has 2 aliphatic heterocycles. The van der Waals surface area contributed by atoms with Gasteiger partial charge in [-0.1, -0.05) is 6.92 Å². The first-order valence-electron chi connectivity index (χ1n) is 9.63. The lowest BCUT2D eigenvalue weighted by molar-refractivity contribution is 0.0939. The summed E-state index contributed by atoms with van der Waals surface area (Å²) in [5, 5.41) is 2.92. The van der Waals surface area contributed by atoms with Crippen molar-refractivity contribution >= 4 is 21.6 Å². The van der Waals surface area contributed by atoms with E-state index < -0.39 is 10.0 Å². The van der Waals surface area contributed by atoms with Gasteiger partial charge >= 0.3 is 0 Å². The number of nitrogens with one attached hydrogen (secondary N) is 1. The molecule has 0 bridgehead atoms. The van der Waals surface area contributed by atoms with Crippen molar-refractivity contribution in [2.24, 2.45) is 0 Å². The van der Waals surface area contributed by atoms with E-state index in [0.29, 0.717) is 18.7 Å². The van der Waals surface area contributed by atoms with Crippen LogP contribution in [0.15, 0.2) is 23.1 Å². The van der Waals surface area contributed by atoms with Crippen LogP contribution in [0.4, 0.5) is 5.69 Å². The fraction of sp³-hybridized carbons (Fsp3) is 0.632. The molecule has 0 aliphatic carbocycles. The van der Waals surface area contributed by atoms with Gasteiger partial charge in [0.05, 0.1) is 5.69 Å². The Morgan fingerprint density at radius 3 is 2.35 bits per heavy atom. The Hall–Kier alpha value is -1.60. The molecule has 0 radical (unpaired) electrons. The van der Waals surface area contributed by atoms with Gasteiger partial charge in [-0.05, 0) is 57.2 Å². The number of sulfonamides is 1. The molecule has 1 aromatic carbocycles. The van der Waals surface area contributed by atoms with Gasteiger partial charge < -0.3 is 10.2 Å². The third kappa shape index (κ3) is 3.88. The molecule has 6 nitrogen and oxygen atoms in total. The highest BCUT2D eigenvalue weighted by Crippen LogP contribution is 2.32. The van der Waals surface area contributed by atoms with E-state index in [1.165, 1.54) is 0 Å². The number of hydrogen-bond acceptors (Lipinski definition) is 4. The van der Waals surface area contributed by atoms with E-state index in [4.69, 9.17) is 0 Å². The predicted molar refractivity (Wildman–Crippen MR) is 103 cm³/mol. The number of nitrogens with zero attached hydrogens (tertiary/aromatic N) is 2. The van der Waals surface area contributed by atoms with Crippen molar-refractivity contribution in [3.63, 3.8) is 0 Å². The maximum Gasteiger partial charge on any atom is 0.251 e. The van der Waals surface area contributed by atoms with Gasteiger partial charge in [-0.3, -0.25) is 4.79 Å². The predicted octanol–water partition coefficient (Wildman–Crippen LogP) is 2.60. The van der Waals surface area contributed by atoms with E-state index in [1.807, 2.05) is 13.8 Å². The molecule has 2 fully saturated rings. The normalized spacial score (nSPS) is 19.7. The Morgan fingerprint density at radius 1 is 1.12 bits per heavy atom. The molecular formula is C19H29N3O3S. The number of anilines is 1. The Balaban J connectivity index is 1.99. The summed E-state index contributed by atoms with van der Waals surface area (Å²) < 4.78 is 28.0.